The van der Waals surface area contributed by atoms with Gasteiger partial charge >= 0.3 is 5.97 Å². The summed E-state index contributed by atoms with van der Waals surface area (Å²) in [4.78, 5) is 24.0. The fourth-order valence-corrected chi connectivity index (χ4v) is 3.19. The van der Waals surface area contributed by atoms with Crippen molar-refractivity contribution >= 4 is 23.4 Å². The Kier molecular flexibility index (Phi) is 7.17. The molecule has 0 bridgehead atoms. The van der Waals surface area contributed by atoms with Gasteiger partial charge in [-0.25, -0.2) is 4.79 Å². The molecule has 3 aromatic carbocycles. The molecule has 4 nitrogen and oxygen atoms in total. The van der Waals surface area contributed by atoms with E-state index in [2.05, 4.69) is 0 Å². The Bertz CT molecular complexity index is 971. The summed E-state index contributed by atoms with van der Waals surface area (Å²) in [5, 5.41) is 0.686. The van der Waals surface area contributed by atoms with Crippen molar-refractivity contribution < 1.29 is 14.3 Å². The van der Waals surface area contributed by atoms with Crippen molar-refractivity contribution in [1.29, 1.82) is 0 Å². The molecule has 0 fully saturated rings. The van der Waals surface area contributed by atoms with E-state index in [1.807, 2.05) is 78.9 Å². The van der Waals surface area contributed by atoms with Gasteiger partial charge in [0.2, 0.25) is 5.78 Å². The SMILES string of the molecule is N[C@@H](CC(=O)C(=O)OCc1ccccc1)Cc1ccc(-c2cccc(Cl)c2)cc1. The highest BCUT2D eigenvalue weighted by atomic mass is 35.5. The van der Waals surface area contributed by atoms with Gasteiger partial charge in [-0.1, -0.05) is 78.3 Å². The maximum absolute atomic E-state index is 12.1. The van der Waals surface area contributed by atoms with Crippen LogP contribution in [0.1, 0.15) is 17.5 Å². The third-order valence-electron chi connectivity index (χ3n) is 4.50. The van der Waals surface area contributed by atoms with Crippen LogP contribution in [0.15, 0.2) is 78.9 Å². The van der Waals surface area contributed by atoms with Crippen molar-refractivity contribution in [2.75, 3.05) is 0 Å². The van der Waals surface area contributed by atoms with Gasteiger partial charge in [0, 0.05) is 17.5 Å². The van der Waals surface area contributed by atoms with Crippen LogP contribution in [0.5, 0.6) is 0 Å². The van der Waals surface area contributed by atoms with E-state index in [4.69, 9.17) is 22.1 Å². The first-order valence-corrected chi connectivity index (χ1v) is 9.73. The number of hydrogen-bond acceptors (Lipinski definition) is 4. The Labute approximate surface area is 175 Å². The van der Waals surface area contributed by atoms with Crippen LogP contribution in [0, 0.1) is 0 Å². The Morgan fingerprint density at radius 2 is 1.59 bits per heavy atom. The van der Waals surface area contributed by atoms with Crippen LogP contribution in [0.2, 0.25) is 5.02 Å². The van der Waals surface area contributed by atoms with Crippen molar-refractivity contribution in [2.45, 2.75) is 25.5 Å². The topological polar surface area (TPSA) is 69.4 Å². The van der Waals surface area contributed by atoms with Gasteiger partial charge in [-0.15, -0.1) is 0 Å². The summed E-state index contributed by atoms with van der Waals surface area (Å²) in [5.74, 6) is -1.45. The first-order valence-electron chi connectivity index (χ1n) is 9.35. The Morgan fingerprint density at radius 3 is 2.28 bits per heavy atom. The molecule has 0 amide bonds. The molecule has 2 N–H and O–H groups in total. The van der Waals surface area contributed by atoms with Crippen molar-refractivity contribution in [2.24, 2.45) is 5.73 Å². The molecule has 0 aromatic heterocycles. The van der Waals surface area contributed by atoms with E-state index in [1.54, 1.807) is 0 Å². The molecule has 3 rings (SSSR count). The maximum atomic E-state index is 12.1. The van der Waals surface area contributed by atoms with Crippen LogP contribution in [0.4, 0.5) is 0 Å². The summed E-state index contributed by atoms with van der Waals surface area (Å²) < 4.78 is 5.06. The van der Waals surface area contributed by atoms with Gasteiger partial charge in [-0.2, -0.15) is 0 Å². The van der Waals surface area contributed by atoms with Crippen molar-refractivity contribution in [3.05, 3.63) is 95.0 Å². The number of rotatable bonds is 8. The summed E-state index contributed by atoms with van der Waals surface area (Å²) in [5.41, 5.74) is 9.98. The highest BCUT2D eigenvalue weighted by Gasteiger charge is 2.19. The molecule has 0 aliphatic carbocycles. The quantitative estimate of drug-likeness (QED) is 0.438. The number of carbonyl (C=O) groups excluding carboxylic acids is 2. The number of ketones is 1. The van der Waals surface area contributed by atoms with Crippen LogP contribution in [0.3, 0.4) is 0 Å². The van der Waals surface area contributed by atoms with Crippen LogP contribution in [-0.4, -0.2) is 17.8 Å². The van der Waals surface area contributed by atoms with E-state index in [0.29, 0.717) is 11.4 Å². The third kappa shape index (κ3) is 6.28. The number of benzene rings is 3. The molecule has 0 saturated heterocycles. The van der Waals surface area contributed by atoms with Crippen LogP contribution >= 0.6 is 11.6 Å². The second-order valence-corrected chi connectivity index (χ2v) is 7.30. The second-order valence-electron chi connectivity index (χ2n) is 6.86. The first kappa shape index (κ1) is 20.8. The van der Waals surface area contributed by atoms with Crippen molar-refractivity contribution in [3.8, 4) is 11.1 Å². The molecule has 0 heterocycles. The first-order chi connectivity index (χ1) is 14.0. The predicted octanol–water partition coefficient (Wildman–Crippen LogP) is 4.58. The lowest BCUT2D eigenvalue weighted by Gasteiger charge is -2.11. The van der Waals surface area contributed by atoms with Gasteiger partial charge in [0.05, 0.1) is 0 Å². The van der Waals surface area contributed by atoms with E-state index in [-0.39, 0.29) is 13.0 Å². The Hall–Kier alpha value is -2.95. The summed E-state index contributed by atoms with van der Waals surface area (Å²) in [6.45, 7) is 0.0750. The zero-order valence-corrected chi connectivity index (χ0v) is 16.6. The summed E-state index contributed by atoms with van der Waals surface area (Å²) >= 11 is 6.04. The number of halogens is 1. The largest absolute Gasteiger partial charge is 0.455 e. The average Bonchev–Trinajstić information content (AvgIpc) is 2.73. The number of nitrogens with two attached hydrogens (primary N) is 1. The number of hydrogen-bond donors (Lipinski definition) is 1. The van der Waals surface area contributed by atoms with Gasteiger partial charge in [0.1, 0.15) is 6.61 Å². The van der Waals surface area contributed by atoms with E-state index in [9.17, 15) is 9.59 Å². The van der Waals surface area contributed by atoms with E-state index in [1.165, 1.54) is 0 Å². The molecule has 0 aliphatic rings. The molecule has 0 radical (unpaired) electrons. The molecule has 0 aliphatic heterocycles. The van der Waals surface area contributed by atoms with Crippen LogP contribution in [0.25, 0.3) is 11.1 Å². The van der Waals surface area contributed by atoms with Crippen LogP contribution < -0.4 is 5.73 Å². The minimum Gasteiger partial charge on any atom is -0.455 e. The monoisotopic (exact) mass is 407 g/mol. The van der Waals surface area contributed by atoms with Gasteiger partial charge < -0.3 is 10.5 Å². The zero-order chi connectivity index (χ0) is 20.6. The molecule has 5 heteroatoms. The van der Waals surface area contributed by atoms with Gasteiger partial charge in [0.15, 0.2) is 0 Å². The zero-order valence-electron chi connectivity index (χ0n) is 15.9. The van der Waals surface area contributed by atoms with E-state index >= 15 is 0 Å². The maximum Gasteiger partial charge on any atom is 0.374 e. The standard InChI is InChI=1S/C24H22ClNO3/c25-21-8-4-7-20(14-21)19-11-9-17(10-12-19)13-22(26)15-23(27)24(28)29-16-18-5-2-1-3-6-18/h1-12,14,22H,13,15-16,26H2/t22-/m1/s1. The lowest BCUT2D eigenvalue weighted by molar-refractivity contribution is -0.155. The lowest BCUT2D eigenvalue weighted by atomic mass is 9.99. The smallest absolute Gasteiger partial charge is 0.374 e. The molecule has 0 spiro atoms. The van der Waals surface area contributed by atoms with Crippen LogP contribution in [-0.2, 0) is 27.4 Å². The van der Waals surface area contributed by atoms with Gasteiger partial charge in [-0.3, -0.25) is 4.79 Å². The third-order valence-corrected chi connectivity index (χ3v) is 4.73. The normalized spacial score (nSPS) is 11.7. The molecule has 1 atom stereocenters. The van der Waals surface area contributed by atoms with E-state index in [0.717, 1.165) is 22.3 Å². The minimum atomic E-state index is -0.847. The minimum absolute atomic E-state index is 0.0519. The van der Waals surface area contributed by atoms with Crippen molar-refractivity contribution in [3.63, 3.8) is 0 Å². The number of Topliss-reactive ketones (excluding diaryl/α,β-unsaturated/α-hetero) is 1. The van der Waals surface area contributed by atoms with E-state index < -0.39 is 17.8 Å². The second kappa shape index (κ2) is 10.0. The summed E-state index contributed by atoms with van der Waals surface area (Å²) in [6.07, 6.45) is 0.442. The lowest BCUT2D eigenvalue weighted by Crippen LogP contribution is -2.30. The molecule has 0 unspecified atom stereocenters. The highest BCUT2D eigenvalue weighted by molar-refractivity contribution is 6.33. The molecule has 29 heavy (non-hydrogen) atoms. The molecular formula is C24H22ClNO3. The Balaban J connectivity index is 1.50. The fourth-order valence-electron chi connectivity index (χ4n) is 3.00. The summed E-state index contributed by atoms with van der Waals surface area (Å²) in [6, 6.07) is 24.3. The van der Waals surface area contributed by atoms with Gasteiger partial charge in [-0.05, 0) is 40.8 Å². The summed E-state index contributed by atoms with van der Waals surface area (Å²) in [7, 11) is 0. The fraction of sp³-hybridized carbons (Fsp3) is 0.167. The molecule has 3 aromatic rings. The number of carbonyl (C=O) groups is 2. The average molecular weight is 408 g/mol. The molecule has 148 valence electrons. The highest BCUT2D eigenvalue weighted by Crippen LogP contribution is 2.23. The molecular weight excluding hydrogens is 386 g/mol. The van der Waals surface area contributed by atoms with Crippen molar-refractivity contribution in [1.82, 2.24) is 0 Å². The Morgan fingerprint density at radius 1 is 0.862 bits per heavy atom. The number of ether oxygens (including phenoxy) is 1. The van der Waals surface area contributed by atoms with Gasteiger partial charge in [0.25, 0.3) is 0 Å². The number of esters is 1. The molecule has 0 saturated carbocycles. The predicted molar refractivity (Wildman–Crippen MR) is 114 cm³/mol.